The van der Waals surface area contributed by atoms with Crippen LogP contribution in [0, 0.1) is 25.5 Å². The molecule has 0 aliphatic carbocycles. The van der Waals surface area contributed by atoms with E-state index in [-0.39, 0.29) is 4.83 Å². The summed E-state index contributed by atoms with van der Waals surface area (Å²) in [4.78, 5) is -0.326. The molecule has 1 atom stereocenters. The van der Waals surface area contributed by atoms with Crippen molar-refractivity contribution in [3.63, 3.8) is 0 Å². The van der Waals surface area contributed by atoms with Crippen LogP contribution in [-0.2, 0) is 0 Å². The summed E-state index contributed by atoms with van der Waals surface area (Å²) >= 11 is 3.50. The number of halogens is 3. The maximum Gasteiger partial charge on any atom is 0.130 e. The second kappa shape index (κ2) is 5.92. The van der Waals surface area contributed by atoms with Gasteiger partial charge in [-0.05, 0) is 48.7 Å². The number of ether oxygens (including phenoxy) is 1. The van der Waals surface area contributed by atoms with Crippen LogP contribution in [0.3, 0.4) is 0 Å². The average molecular weight is 341 g/mol. The average Bonchev–Trinajstić information content (AvgIpc) is 2.42. The third kappa shape index (κ3) is 2.85. The molecule has 0 radical (unpaired) electrons. The van der Waals surface area contributed by atoms with E-state index in [0.29, 0.717) is 11.1 Å². The van der Waals surface area contributed by atoms with Crippen LogP contribution in [0.15, 0.2) is 30.3 Å². The molecule has 0 aliphatic heterocycles. The van der Waals surface area contributed by atoms with E-state index >= 15 is 0 Å². The van der Waals surface area contributed by atoms with Gasteiger partial charge in [-0.3, -0.25) is 0 Å². The molecule has 106 valence electrons. The lowest BCUT2D eigenvalue weighted by Crippen LogP contribution is -2.01. The summed E-state index contributed by atoms with van der Waals surface area (Å²) in [6.07, 6.45) is 0. The number of benzene rings is 2. The Bertz CT molecular complexity index is 641. The standard InChI is InChI=1S/C16H15BrF2O/c1-9-6-11(20-3)4-5-12(9)16(17)13-7-10(2)14(18)8-15(13)19/h4-8,16H,1-3H3. The van der Waals surface area contributed by atoms with Crippen molar-refractivity contribution in [2.24, 2.45) is 0 Å². The first-order chi connectivity index (χ1) is 9.43. The Kier molecular flexibility index (Phi) is 4.43. The van der Waals surface area contributed by atoms with Crippen molar-refractivity contribution in [2.45, 2.75) is 18.7 Å². The van der Waals surface area contributed by atoms with E-state index in [0.717, 1.165) is 22.9 Å². The Morgan fingerprint density at radius 2 is 1.65 bits per heavy atom. The third-order valence-electron chi connectivity index (χ3n) is 3.30. The second-order valence-electron chi connectivity index (χ2n) is 4.71. The number of methoxy groups -OCH3 is 1. The van der Waals surface area contributed by atoms with E-state index < -0.39 is 11.6 Å². The fourth-order valence-electron chi connectivity index (χ4n) is 2.10. The topological polar surface area (TPSA) is 9.23 Å². The molecule has 20 heavy (non-hydrogen) atoms. The largest absolute Gasteiger partial charge is 0.497 e. The Morgan fingerprint density at radius 1 is 0.950 bits per heavy atom. The van der Waals surface area contributed by atoms with Crippen LogP contribution in [0.4, 0.5) is 8.78 Å². The summed E-state index contributed by atoms with van der Waals surface area (Å²) in [6, 6.07) is 8.06. The van der Waals surface area contributed by atoms with Gasteiger partial charge in [0, 0.05) is 11.6 Å². The minimum absolute atomic E-state index is 0.326. The Hall–Kier alpha value is -1.42. The molecule has 0 N–H and O–H groups in total. The van der Waals surface area contributed by atoms with Crippen LogP contribution in [0.5, 0.6) is 5.75 Å². The Balaban J connectivity index is 2.46. The lowest BCUT2D eigenvalue weighted by molar-refractivity contribution is 0.414. The maximum absolute atomic E-state index is 13.9. The van der Waals surface area contributed by atoms with Gasteiger partial charge in [-0.25, -0.2) is 8.78 Å². The van der Waals surface area contributed by atoms with Crippen LogP contribution in [0.2, 0.25) is 0 Å². The van der Waals surface area contributed by atoms with Crippen molar-refractivity contribution in [1.82, 2.24) is 0 Å². The van der Waals surface area contributed by atoms with E-state index in [1.807, 2.05) is 25.1 Å². The summed E-state index contributed by atoms with van der Waals surface area (Å²) < 4.78 is 32.4. The number of aryl methyl sites for hydroxylation is 2. The fourth-order valence-corrected chi connectivity index (χ4v) is 2.97. The zero-order valence-electron chi connectivity index (χ0n) is 11.5. The van der Waals surface area contributed by atoms with Crippen molar-refractivity contribution < 1.29 is 13.5 Å². The molecule has 1 nitrogen and oxygen atoms in total. The van der Waals surface area contributed by atoms with Gasteiger partial charge in [-0.15, -0.1) is 0 Å². The molecular weight excluding hydrogens is 326 g/mol. The summed E-state index contributed by atoms with van der Waals surface area (Å²) in [6.45, 7) is 3.55. The molecule has 2 aromatic carbocycles. The Labute approximate surface area is 125 Å². The number of rotatable bonds is 3. The second-order valence-corrected chi connectivity index (χ2v) is 5.62. The van der Waals surface area contributed by atoms with E-state index in [9.17, 15) is 8.78 Å². The predicted molar refractivity (Wildman–Crippen MR) is 79.6 cm³/mol. The zero-order valence-corrected chi connectivity index (χ0v) is 13.1. The number of alkyl halides is 1. The van der Waals surface area contributed by atoms with Crippen molar-refractivity contribution in [2.75, 3.05) is 7.11 Å². The van der Waals surface area contributed by atoms with Gasteiger partial charge in [-0.2, -0.15) is 0 Å². The van der Waals surface area contributed by atoms with Gasteiger partial charge in [0.25, 0.3) is 0 Å². The van der Waals surface area contributed by atoms with Crippen molar-refractivity contribution >= 4 is 15.9 Å². The maximum atomic E-state index is 13.9. The molecule has 0 aromatic heterocycles. The molecule has 2 aromatic rings. The van der Waals surface area contributed by atoms with Crippen molar-refractivity contribution in [3.05, 3.63) is 64.2 Å². The molecule has 4 heteroatoms. The fraction of sp³-hybridized carbons (Fsp3) is 0.250. The molecule has 1 unspecified atom stereocenters. The molecule has 0 spiro atoms. The molecule has 0 amide bonds. The monoisotopic (exact) mass is 340 g/mol. The van der Waals surface area contributed by atoms with Gasteiger partial charge in [0.15, 0.2) is 0 Å². The number of hydrogen-bond donors (Lipinski definition) is 0. The molecule has 0 saturated carbocycles. The molecule has 0 heterocycles. The summed E-state index contributed by atoms with van der Waals surface area (Å²) in [7, 11) is 1.60. The lowest BCUT2D eigenvalue weighted by atomic mass is 9.98. The minimum atomic E-state index is -0.551. The molecule has 2 rings (SSSR count). The first kappa shape index (κ1) is 15.0. The van der Waals surface area contributed by atoms with Crippen LogP contribution in [0.25, 0.3) is 0 Å². The highest BCUT2D eigenvalue weighted by molar-refractivity contribution is 9.09. The van der Waals surface area contributed by atoms with Gasteiger partial charge < -0.3 is 4.74 Å². The molecule has 0 fully saturated rings. The molecule has 0 aliphatic rings. The Morgan fingerprint density at radius 3 is 2.25 bits per heavy atom. The predicted octanol–water partition coefficient (Wildman–Crippen LogP) is 5.07. The molecular formula is C16H15BrF2O. The smallest absolute Gasteiger partial charge is 0.130 e. The minimum Gasteiger partial charge on any atom is -0.497 e. The van der Waals surface area contributed by atoms with Crippen LogP contribution < -0.4 is 4.74 Å². The van der Waals surface area contributed by atoms with Crippen LogP contribution in [-0.4, -0.2) is 7.11 Å². The van der Waals surface area contributed by atoms with E-state index in [1.165, 1.54) is 6.07 Å². The van der Waals surface area contributed by atoms with Crippen molar-refractivity contribution in [1.29, 1.82) is 0 Å². The van der Waals surface area contributed by atoms with Gasteiger partial charge in [0.05, 0.1) is 11.9 Å². The highest BCUT2D eigenvalue weighted by atomic mass is 79.9. The van der Waals surface area contributed by atoms with Gasteiger partial charge in [-0.1, -0.05) is 22.0 Å². The summed E-state index contributed by atoms with van der Waals surface area (Å²) in [5, 5.41) is 0. The SMILES string of the molecule is COc1ccc(C(Br)c2cc(C)c(F)cc2F)c(C)c1. The van der Waals surface area contributed by atoms with Gasteiger partial charge in [0.1, 0.15) is 17.4 Å². The van der Waals surface area contributed by atoms with Gasteiger partial charge in [0.2, 0.25) is 0 Å². The molecule has 0 bridgehead atoms. The first-order valence-electron chi connectivity index (χ1n) is 6.18. The molecule has 0 saturated heterocycles. The van der Waals surface area contributed by atoms with E-state index in [2.05, 4.69) is 15.9 Å². The van der Waals surface area contributed by atoms with E-state index in [1.54, 1.807) is 14.0 Å². The van der Waals surface area contributed by atoms with Crippen LogP contribution >= 0.6 is 15.9 Å². The quantitative estimate of drug-likeness (QED) is 0.708. The summed E-state index contributed by atoms with van der Waals surface area (Å²) in [5.74, 6) is -0.329. The highest BCUT2D eigenvalue weighted by Crippen LogP contribution is 2.36. The zero-order chi connectivity index (χ0) is 14.9. The third-order valence-corrected chi connectivity index (χ3v) is 4.29. The van der Waals surface area contributed by atoms with Crippen LogP contribution in [0.1, 0.15) is 27.1 Å². The van der Waals surface area contributed by atoms with Gasteiger partial charge >= 0.3 is 0 Å². The lowest BCUT2D eigenvalue weighted by Gasteiger charge is -2.16. The van der Waals surface area contributed by atoms with E-state index in [4.69, 9.17) is 4.74 Å². The number of hydrogen-bond acceptors (Lipinski definition) is 1. The highest BCUT2D eigenvalue weighted by Gasteiger charge is 2.18. The first-order valence-corrected chi connectivity index (χ1v) is 7.09. The summed E-state index contributed by atoms with van der Waals surface area (Å²) in [5.41, 5.74) is 2.76. The normalized spacial score (nSPS) is 12.3. The van der Waals surface area contributed by atoms with Crippen molar-refractivity contribution in [3.8, 4) is 5.75 Å².